The van der Waals surface area contributed by atoms with Gasteiger partial charge < -0.3 is 10.8 Å². The van der Waals surface area contributed by atoms with Crippen LogP contribution in [0.5, 0.6) is 0 Å². The van der Waals surface area contributed by atoms with Crippen LogP contribution in [0.3, 0.4) is 0 Å². The predicted molar refractivity (Wildman–Crippen MR) is 51.4 cm³/mol. The second-order valence-corrected chi connectivity index (χ2v) is 5.32. The second kappa shape index (κ2) is 2.98. The van der Waals surface area contributed by atoms with Gasteiger partial charge in [0.1, 0.15) is 5.54 Å². The van der Waals surface area contributed by atoms with Gasteiger partial charge in [-0.25, -0.2) is 0 Å². The van der Waals surface area contributed by atoms with E-state index in [2.05, 4.69) is 20.8 Å². The van der Waals surface area contributed by atoms with Gasteiger partial charge in [0.2, 0.25) is 0 Å². The molecule has 1 aliphatic carbocycles. The van der Waals surface area contributed by atoms with E-state index in [1.54, 1.807) is 0 Å². The van der Waals surface area contributed by atoms with Gasteiger partial charge in [-0.2, -0.15) is 0 Å². The topological polar surface area (TPSA) is 63.3 Å². The molecule has 0 bridgehead atoms. The molecular formula is C10H19NO2. The summed E-state index contributed by atoms with van der Waals surface area (Å²) in [5, 5.41) is 9.02. The fourth-order valence-electron chi connectivity index (χ4n) is 2.80. The van der Waals surface area contributed by atoms with Gasteiger partial charge in [-0.1, -0.05) is 20.8 Å². The Hall–Kier alpha value is -0.570. The fourth-order valence-corrected chi connectivity index (χ4v) is 2.80. The van der Waals surface area contributed by atoms with Crippen LogP contribution in [-0.4, -0.2) is 16.6 Å². The van der Waals surface area contributed by atoms with E-state index in [1.807, 2.05) is 0 Å². The normalized spacial score (nSPS) is 38.6. The Morgan fingerprint density at radius 1 is 1.46 bits per heavy atom. The van der Waals surface area contributed by atoms with Crippen LogP contribution in [-0.2, 0) is 4.79 Å². The first-order valence-corrected chi connectivity index (χ1v) is 4.77. The van der Waals surface area contributed by atoms with E-state index < -0.39 is 11.5 Å². The van der Waals surface area contributed by atoms with E-state index in [4.69, 9.17) is 10.8 Å². The number of aliphatic carboxylic acids is 1. The Labute approximate surface area is 79.3 Å². The van der Waals surface area contributed by atoms with Gasteiger partial charge in [-0.3, -0.25) is 4.79 Å². The molecular weight excluding hydrogens is 166 g/mol. The molecule has 3 nitrogen and oxygen atoms in total. The van der Waals surface area contributed by atoms with Crippen LogP contribution in [0, 0.1) is 11.3 Å². The van der Waals surface area contributed by atoms with Crippen molar-refractivity contribution in [3.8, 4) is 0 Å². The lowest BCUT2D eigenvalue weighted by molar-refractivity contribution is -0.147. The number of carboxylic acids is 1. The molecule has 0 aromatic heterocycles. The van der Waals surface area contributed by atoms with Gasteiger partial charge in [0, 0.05) is 0 Å². The van der Waals surface area contributed by atoms with Crippen molar-refractivity contribution >= 4 is 5.97 Å². The Bertz CT molecular complexity index is 225. The van der Waals surface area contributed by atoms with Gasteiger partial charge in [0.05, 0.1) is 0 Å². The molecule has 3 heteroatoms. The molecule has 2 atom stereocenters. The maximum atomic E-state index is 11.0. The van der Waals surface area contributed by atoms with Crippen LogP contribution in [0.2, 0.25) is 0 Å². The van der Waals surface area contributed by atoms with Crippen molar-refractivity contribution in [1.29, 1.82) is 0 Å². The molecule has 1 fully saturated rings. The zero-order chi connectivity index (χ0) is 10.3. The summed E-state index contributed by atoms with van der Waals surface area (Å²) in [4.78, 5) is 11.0. The molecule has 0 amide bonds. The summed E-state index contributed by atoms with van der Waals surface area (Å²) < 4.78 is 0. The quantitative estimate of drug-likeness (QED) is 0.652. The van der Waals surface area contributed by atoms with Crippen molar-refractivity contribution in [3.63, 3.8) is 0 Å². The molecule has 13 heavy (non-hydrogen) atoms. The van der Waals surface area contributed by atoms with Crippen LogP contribution in [0.4, 0.5) is 0 Å². The van der Waals surface area contributed by atoms with E-state index in [0.717, 1.165) is 6.42 Å². The van der Waals surface area contributed by atoms with Gasteiger partial charge in [-0.15, -0.1) is 0 Å². The van der Waals surface area contributed by atoms with Crippen molar-refractivity contribution < 1.29 is 9.90 Å². The highest BCUT2D eigenvalue weighted by Gasteiger charge is 2.45. The van der Waals surface area contributed by atoms with Gasteiger partial charge in [0.25, 0.3) is 0 Å². The highest BCUT2D eigenvalue weighted by molar-refractivity contribution is 5.78. The van der Waals surface area contributed by atoms with E-state index in [1.165, 1.54) is 0 Å². The Balaban J connectivity index is 2.84. The van der Waals surface area contributed by atoms with Crippen LogP contribution in [0.25, 0.3) is 0 Å². The van der Waals surface area contributed by atoms with Crippen molar-refractivity contribution in [3.05, 3.63) is 0 Å². The Morgan fingerprint density at radius 2 is 2.00 bits per heavy atom. The minimum absolute atomic E-state index is 0.0603. The largest absolute Gasteiger partial charge is 0.480 e. The average Bonchev–Trinajstić information content (AvgIpc) is 1.79. The van der Waals surface area contributed by atoms with E-state index >= 15 is 0 Å². The third-order valence-corrected chi connectivity index (χ3v) is 2.83. The van der Waals surface area contributed by atoms with Gasteiger partial charge in [0.15, 0.2) is 0 Å². The predicted octanol–water partition coefficient (Wildman–Crippen LogP) is 1.61. The number of hydrogen-bond donors (Lipinski definition) is 2. The minimum Gasteiger partial charge on any atom is -0.480 e. The molecule has 0 aromatic carbocycles. The van der Waals surface area contributed by atoms with Crippen LogP contribution < -0.4 is 5.73 Å². The molecule has 76 valence electrons. The molecule has 1 rings (SSSR count). The van der Waals surface area contributed by atoms with Crippen LogP contribution >= 0.6 is 0 Å². The first-order valence-electron chi connectivity index (χ1n) is 4.77. The fraction of sp³-hybridized carbons (Fsp3) is 0.900. The number of carboxylic acid groups (broad SMARTS) is 1. The Morgan fingerprint density at radius 3 is 2.38 bits per heavy atom. The molecule has 0 aliphatic heterocycles. The highest BCUT2D eigenvalue weighted by atomic mass is 16.4. The third-order valence-electron chi connectivity index (χ3n) is 2.83. The summed E-state index contributed by atoms with van der Waals surface area (Å²) in [5.74, 6) is -0.447. The average molecular weight is 185 g/mol. The van der Waals surface area contributed by atoms with Crippen molar-refractivity contribution in [2.24, 2.45) is 17.1 Å². The summed E-state index contributed by atoms with van der Waals surface area (Å²) in [5.41, 5.74) is 4.93. The Kier molecular flexibility index (Phi) is 2.41. The first kappa shape index (κ1) is 10.5. The maximum absolute atomic E-state index is 11.0. The maximum Gasteiger partial charge on any atom is 0.323 e. The smallest absolute Gasteiger partial charge is 0.323 e. The number of carbonyl (C=O) groups is 1. The lowest BCUT2D eigenvalue weighted by Gasteiger charge is -2.42. The summed E-state index contributed by atoms with van der Waals surface area (Å²) in [6, 6.07) is 0. The van der Waals surface area contributed by atoms with E-state index in [0.29, 0.717) is 18.8 Å². The number of rotatable bonds is 1. The molecule has 1 saturated carbocycles. The standard InChI is InChI=1S/C10H19NO2/c1-7-4-9(2,3)6-10(11,5-7)8(12)13/h7H,4-6,11H2,1-3H3,(H,12,13)/t7-,10+/m1/s1. The second-order valence-electron chi connectivity index (χ2n) is 5.32. The highest BCUT2D eigenvalue weighted by Crippen LogP contribution is 2.42. The summed E-state index contributed by atoms with van der Waals surface area (Å²) in [6.45, 7) is 6.26. The van der Waals surface area contributed by atoms with Crippen LogP contribution in [0.1, 0.15) is 40.0 Å². The van der Waals surface area contributed by atoms with Crippen LogP contribution in [0.15, 0.2) is 0 Å². The first-order chi connectivity index (χ1) is 5.75. The summed E-state index contributed by atoms with van der Waals surface area (Å²) in [7, 11) is 0. The lowest BCUT2D eigenvalue weighted by atomic mass is 9.65. The van der Waals surface area contributed by atoms with Crippen molar-refractivity contribution in [2.45, 2.75) is 45.6 Å². The zero-order valence-electron chi connectivity index (χ0n) is 8.63. The van der Waals surface area contributed by atoms with E-state index in [-0.39, 0.29) is 5.41 Å². The van der Waals surface area contributed by atoms with Gasteiger partial charge >= 0.3 is 5.97 Å². The zero-order valence-corrected chi connectivity index (χ0v) is 8.63. The SMILES string of the molecule is C[C@@H]1CC(C)(C)C[C@](N)(C(=O)O)C1. The van der Waals surface area contributed by atoms with Crippen molar-refractivity contribution in [2.75, 3.05) is 0 Å². The third kappa shape index (κ3) is 2.21. The molecule has 1 aliphatic rings. The summed E-state index contributed by atoms with van der Waals surface area (Å²) in [6.07, 6.45) is 2.25. The van der Waals surface area contributed by atoms with E-state index in [9.17, 15) is 4.79 Å². The number of hydrogen-bond acceptors (Lipinski definition) is 2. The molecule has 3 N–H and O–H groups in total. The van der Waals surface area contributed by atoms with Gasteiger partial charge in [-0.05, 0) is 30.6 Å². The molecule has 0 heterocycles. The molecule has 0 spiro atoms. The number of nitrogens with two attached hydrogens (primary N) is 1. The minimum atomic E-state index is -0.999. The molecule has 0 radical (unpaired) electrons. The molecule has 0 aromatic rings. The monoisotopic (exact) mass is 185 g/mol. The summed E-state index contributed by atoms with van der Waals surface area (Å²) >= 11 is 0. The lowest BCUT2D eigenvalue weighted by Crippen LogP contribution is -2.54. The molecule has 0 unspecified atom stereocenters. The van der Waals surface area contributed by atoms with Crippen molar-refractivity contribution in [1.82, 2.24) is 0 Å². The molecule has 0 saturated heterocycles.